The predicted molar refractivity (Wildman–Crippen MR) is 111 cm³/mol. The minimum absolute atomic E-state index is 0.127. The number of hydrazone groups is 1. The topological polar surface area (TPSA) is 63.6 Å². The fraction of sp³-hybridized carbons (Fsp3) is 0.316. The van der Waals surface area contributed by atoms with Crippen molar-refractivity contribution in [3.63, 3.8) is 0 Å². The molecule has 26 heavy (non-hydrogen) atoms. The van der Waals surface area contributed by atoms with E-state index in [1.54, 1.807) is 13.1 Å². The van der Waals surface area contributed by atoms with Gasteiger partial charge in [0.05, 0.1) is 15.9 Å². The van der Waals surface area contributed by atoms with Crippen molar-refractivity contribution < 1.29 is 9.53 Å². The Balaban J connectivity index is 2.07. The number of benzene rings is 1. The summed E-state index contributed by atoms with van der Waals surface area (Å²) in [6.07, 6.45) is 1.68. The number of ether oxygens (including phenoxy) is 1. The summed E-state index contributed by atoms with van der Waals surface area (Å²) in [5.41, 5.74) is 5.89. The van der Waals surface area contributed by atoms with E-state index < -0.39 is 0 Å². The number of rotatable bonds is 6. The summed E-state index contributed by atoms with van der Waals surface area (Å²) in [5, 5.41) is 4.07. The molecule has 0 unspecified atom stereocenters. The molecule has 0 aliphatic rings. The first-order chi connectivity index (χ1) is 12.3. The molecule has 0 aliphatic heterocycles. The number of nitrogens with one attached hydrogen (secondary N) is 1. The fourth-order valence-electron chi connectivity index (χ4n) is 2.24. The number of carbonyl (C=O) groups excluding carboxylic acids is 1. The smallest absolute Gasteiger partial charge is 0.277 e. The van der Waals surface area contributed by atoms with Crippen LogP contribution in [0.5, 0.6) is 5.75 Å². The third-order valence-electron chi connectivity index (χ3n) is 3.78. The summed E-state index contributed by atoms with van der Waals surface area (Å²) in [7, 11) is 0. The number of hydrogen-bond donors (Lipinski definition) is 1. The molecule has 0 spiro atoms. The van der Waals surface area contributed by atoms with E-state index in [0.717, 1.165) is 20.1 Å². The second-order valence-corrected chi connectivity index (χ2v) is 7.75. The van der Waals surface area contributed by atoms with Crippen LogP contribution in [0.1, 0.15) is 43.5 Å². The average Bonchev–Trinajstić information content (AvgIpc) is 2.63. The highest BCUT2D eigenvalue weighted by Gasteiger charge is 2.17. The molecule has 0 saturated carbocycles. The summed E-state index contributed by atoms with van der Waals surface area (Å²) >= 11 is 7.12. The monoisotopic (exact) mass is 481 g/mol. The van der Waals surface area contributed by atoms with Crippen molar-refractivity contribution in [3.8, 4) is 5.75 Å². The molecular weight excluding hydrogens is 462 g/mol. The van der Waals surface area contributed by atoms with E-state index in [-0.39, 0.29) is 18.4 Å². The highest BCUT2D eigenvalue weighted by molar-refractivity contribution is 9.11. The lowest BCUT2D eigenvalue weighted by Crippen LogP contribution is -2.26. The Hall–Kier alpha value is -1.73. The van der Waals surface area contributed by atoms with E-state index in [0.29, 0.717) is 17.2 Å². The van der Waals surface area contributed by atoms with Crippen molar-refractivity contribution in [2.24, 2.45) is 5.10 Å². The molecule has 138 valence electrons. The average molecular weight is 483 g/mol. The number of halogens is 2. The van der Waals surface area contributed by atoms with Crippen LogP contribution in [0.3, 0.4) is 0 Å². The Morgan fingerprint density at radius 1 is 1.35 bits per heavy atom. The third-order valence-corrected chi connectivity index (χ3v) is 5.56. The Labute approximate surface area is 170 Å². The molecule has 0 bridgehead atoms. The van der Waals surface area contributed by atoms with Crippen molar-refractivity contribution in [2.45, 2.75) is 33.6 Å². The van der Waals surface area contributed by atoms with Gasteiger partial charge in [-0.1, -0.05) is 35.8 Å². The maximum Gasteiger partial charge on any atom is 0.277 e. The zero-order valence-corrected chi connectivity index (χ0v) is 18.3. The highest BCUT2D eigenvalue weighted by Crippen LogP contribution is 2.40. The second kappa shape index (κ2) is 9.28. The number of carbonyl (C=O) groups is 1. The minimum atomic E-state index is -0.331. The molecule has 5 nitrogen and oxygen atoms in total. The van der Waals surface area contributed by atoms with E-state index in [4.69, 9.17) is 4.74 Å². The Bertz CT molecular complexity index is 821. The van der Waals surface area contributed by atoms with Crippen LogP contribution in [0.25, 0.3) is 0 Å². The fourth-order valence-corrected chi connectivity index (χ4v) is 3.51. The van der Waals surface area contributed by atoms with Crippen LogP contribution in [0, 0.1) is 6.92 Å². The van der Waals surface area contributed by atoms with E-state index in [2.05, 4.69) is 61.2 Å². The van der Waals surface area contributed by atoms with Gasteiger partial charge in [0.1, 0.15) is 5.75 Å². The first-order valence-corrected chi connectivity index (χ1v) is 9.75. The lowest BCUT2D eigenvalue weighted by atomic mass is 10.0. The predicted octanol–water partition coefficient (Wildman–Crippen LogP) is 4.96. The Kier molecular flexibility index (Phi) is 7.34. The largest absolute Gasteiger partial charge is 0.482 e. The SMILES string of the molecule is C/C(=N/NC(=O)COc1c(C(C)C)cc(Br)c(C)c1Br)c1ccccn1. The molecule has 0 saturated heterocycles. The molecular formula is C19H21Br2N3O2. The van der Waals surface area contributed by atoms with Crippen LogP contribution in [0.2, 0.25) is 0 Å². The molecule has 0 atom stereocenters. The second-order valence-electron chi connectivity index (χ2n) is 6.11. The molecule has 1 aromatic carbocycles. The molecule has 2 rings (SSSR count). The molecule has 2 aromatic rings. The lowest BCUT2D eigenvalue weighted by molar-refractivity contribution is -0.123. The minimum Gasteiger partial charge on any atom is -0.482 e. The van der Waals surface area contributed by atoms with E-state index >= 15 is 0 Å². The Morgan fingerprint density at radius 2 is 2.08 bits per heavy atom. The maximum atomic E-state index is 12.1. The summed E-state index contributed by atoms with van der Waals surface area (Å²) in [6, 6.07) is 7.56. The summed E-state index contributed by atoms with van der Waals surface area (Å²) < 4.78 is 7.64. The van der Waals surface area contributed by atoms with E-state index in [1.807, 2.05) is 31.2 Å². The van der Waals surface area contributed by atoms with Gasteiger partial charge in [0.2, 0.25) is 0 Å². The molecule has 1 amide bonds. The molecule has 0 radical (unpaired) electrons. The number of nitrogens with zero attached hydrogens (tertiary/aromatic N) is 2. The van der Waals surface area contributed by atoms with Crippen LogP contribution >= 0.6 is 31.9 Å². The summed E-state index contributed by atoms with van der Waals surface area (Å²) in [6.45, 7) is 7.80. The van der Waals surface area contributed by atoms with Gasteiger partial charge in [0, 0.05) is 10.7 Å². The number of hydrogen-bond acceptors (Lipinski definition) is 4. The summed E-state index contributed by atoms with van der Waals surface area (Å²) in [5.74, 6) is 0.606. The van der Waals surface area contributed by atoms with Gasteiger partial charge in [-0.3, -0.25) is 9.78 Å². The van der Waals surface area contributed by atoms with Gasteiger partial charge in [-0.05, 0) is 65.0 Å². The van der Waals surface area contributed by atoms with Crippen LogP contribution in [0.4, 0.5) is 0 Å². The molecule has 1 aromatic heterocycles. The van der Waals surface area contributed by atoms with Crippen molar-refractivity contribution >= 4 is 43.5 Å². The highest BCUT2D eigenvalue weighted by atomic mass is 79.9. The molecule has 7 heteroatoms. The van der Waals surface area contributed by atoms with Crippen molar-refractivity contribution in [1.29, 1.82) is 0 Å². The lowest BCUT2D eigenvalue weighted by Gasteiger charge is -2.18. The molecule has 0 fully saturated rings. The van der Waals surface area contributed by atoms with Gasteiger partial charge < -0.3 is 4.74 Å². The van der Waals surface area contributed by atoms with Gasteiger partial charge in [-0.25, -0.2) is 5.43 Å². The first-order valence-electron chi connectivity index (χ1n) is 8.17. The van der Waals surface area contributed by atoms with Crippen molar-refractivity contribution in [3.05, 3.63) is 56.2 Å². The molecule has 1 N–H and O–H groups in total. The van der Waals surface area contributed by atoms with E-state index in [1.165, 1.54) is 0 Å². The zero-order chi connectivity index (χ0) is 19.3. The number of pyridine rings is 1. The van der Waals surface area contributed by atoms with Gasteiger partial charge in [-0.2, -0.15) is 5.10 Å². The van der Waals surface area contributed by atoms with Crippen molar-refractivity contribution in [2.75, 3.05) is 6.61 Å². The normalized spacial score (nSPS) is 11.6. The zero-order valence-electron chi connectivity index (χ0n) is 15.1. The van der Waals surface area contributed by atoms with Crippen LogP contribution in [0.15, 0.2) is 44.5 Å². The van der Waals surface area contributed by atoms with Crippen LogP contribution in [-0.2, 0) is 4.79 Å². The van der Waals surface area contributed by atoms with Gasteiger partial charge in [0.25, 0.3) is 5.91 Å². The quantitative estimate of drug-likeness (QED) is 0.467. The third kappa shape index (κ3) is 5.14. The Morgan fingerprint density at radius 3 is 2.69 bits per heavy atom. The maximum absolute atomic E-state index is 12.1. The van der Waals surface area contributed by atoms with E-state index in [9.17, 15) is 4.79 Å². The van der Waals surface area contributed by atoms with Gasteiger partial charge >= 0.3 is 0 Å². The number of amides is 1. The van der Waals surface area contributed by atoms with Crippen LogP contribution in [-0.4, -0.2) is 23.2 Å². The molecule has 1 heterocycles. The van der Waals surface area contributed by atoms with Crippen LogP contribution < -0.4 is 10.2 Å². The standard InChI is InChI=1S/C19H21Br2N3O2/c1-11(2)14-9-15(20)12(3)18(21)19(14)26-10-17(25)24-23-13(4)16-7-5-6-8-22-16/h5-9,11H,10H2,1-4H3,(H,24,25)/b23-13-. The molecule has 0 aliphatic carbocycles. The first kappa shape index (κ1) is 20.6. The summed E-state index contributed by atoms with van der Waals surface area (Å²) in [4.78, 5) is 16.3. The number of aromatic nitrogens is 1. The van der Waals surface area contributed by atoms with Gasteiger partial charge in [-0.15, -0.1) is 0 Å². The van der Waals surface area contributed by atoms with Gasteiger partial charge in [0.15, 0.2) is 6.61 Å². The van der Waals surface area contributed by atoms with Crippen molar-refractivity contribution in [1.82, 2.24) is 10.4 Å².